The summed E-state index contributed by atoms with van der Waals surface area (Å²) >= 11 is 0. The molecule has 0 fully saturated rings. The largest absolute Gasteiger partial charge is 0.296 e. The first-order valence-corrected chi connectivity index (χ1v) is 10.1. The van der Waals surface area contributed by atoms with E-state index in [2.05, 4.69) is 66.8 Å². The maximum atomic E-state index is 4.97. The molecular formula is C24H28N2. The third kappa shape index (κ3) is 3.21. The summed E-state index contributed by atoms with van der Waals surface area (Å²) in [6.45, 7) is 4.44. The number of rotatable bonds is 7. The van der Waals surface area contributed by atoms with Crippen molar-refractivity contribution in [3.8, 4) is 0 Å². The summed E-state index contributed by atoms with van der Waals surface area (Å²) in [7, 11) is 0. The second kappa shape index (κ2) is 7.49. The molecule has 26 heavy (non-hydrogen) atoms. The molecule has 0 saturated carbocycles. The second-order valence-electron chi connectivity index (χ2n) is 7.50. The van der Waals surface area contributed by atoms with E-state index in [1.165, 1.54) is 66.1 Å². The monoisotopic (exact) mass is 344 g/mol. The lowest BCUT2D eigenvalue weighted by molar-refractivity contribution is 0.604. The van der Waals surface area contributed by atoms with E-state index in [9.17, 15) is 0 Å². The van der Waals surface area contributed by atoms with Crippen molar-refractivity contribution in [1.29, 1.82) is 0 Å². The standard InChI is InChI=1S/C24H28N2/c1-3-4-5-6-7-8-11-20-17-19-16-18(2)14-15-21(19)24-25-22-12-9-10-13-23(22)26(20)24/h9-10,12-17H,3-8,11H2,1-2H3. The Kier molecular flexibility index (Phi) is 4.92. The quantitative estimate of drug-likeness (QED) is 0.335. The highest BCUT2D eigenvalue weighted by Gasteiger charge is 2.12. The summed E-state index contributed by atoms with van der Waals surface area (Å²) in [5.74, 6) is 0. The number of benzene rings is 2. The van der Waals surface area contributed by atoms with Crippen molar-refractivity contribution in [3.63, 3.8) is 0 Å². The topological polar surface area (TPSA) is 17.3 Å². The third-order valence-corrected chi connectivity index (χ3v) is 5.40. The Morgan fingerprint density at radius 1 is 0.885 bits per heavy atom. The molecule has 4 aromatic rings. The van der Waals surface area contributed by atoms with Crippen LogP contribution in [-0.4, -0.2) is 9.38 Å². The molecule has 0 bridgehead atoms. The Labute approximate surface area is 155 Å². The average molecular weight is 345 g/mol. The molecule has 0 atom stereocenters. The Morgan fingerprint density at radius 2 is 1.69 bits per heavy atom. The minimum atomic E-state index is 1.09. The Hall–Kier alpha value is -2.35. The molecule has 2 heteroatoms. The van der Waals surface area contributed by atoms with Gasteiger partial charge in [0.1, 0.15) is 5.65 Å². The number of unbranched alkanes of at least 4 members (excludes halogenated alkanes) is 5. The molecule has 0 N–H and O–H groups in total. The van der Waals surface area contributed by atoms with Crippen molar-refractivity contribution < 1.29 is 0 Å². The van der Waals surface area contributed by atoms with Crippen LogP contribution in [0, 0.1) is 6.92 Å². The number of para-hydroxylation sites is 2. The molecular weight excluding hydrogens is 316 g/mol. The number of hydrogen-bond donors (Lipinski definition) is 0. The van der Waals surface area contributed by atoms with Gasteiger partial charge in [0.2, 0.25) is 0 Å². The van der Waals surface area contributed by atoms with E-state index in [4.69, 9.17) is 4.98 Å². The van der Waals surface area contributed by atoms with Crippen LogP contribution in [0.5, 0.6) is 0 Å². The maximum Gasteiger partial charge on any atom is 0.146 e. The van der Waals surface area contributed by atoms with Gasteiger partial charge in [0, 0.05) is 11.1 Å². The van der Waals surface area contributed by atoms with Gasteiger partial charge in [-0.3, -0.25) is 4.40 Å². The molecule has 0 saturated heterocycles. The van der Waals surface area contributed by atoms with E-state index in [-0.39, 0.29) is 0 Å². The molecule has 0 aliphatic rings. The van der Waals surface area contributed by atoms with Gasteiger partial charge >= 0.3 is 0 Å². The minimum Gasteiger partial charge on any atom is -0.296 e. The number of nitrogens with zero attached hydrogens (tertiary/aromatic N) is 2. The third-order valence-electron chi connectivity index (χ3n) is 5.40. The summed E-state index contributed by atoms with van der Waals surface area (Å²) in [5.41, 5.74) is 6.12. The zero-order valence-electron chi connectivity index (χ0n) is 16.0. The van der Waals surface area contributed by atoms with Gasteiger partial charge in [-0.1, -0.05) is 74.9 Å². The van der Waals surface area contributed by atoms with Gasteiger partial charge in [-0.15, -0.1) is 0 Å². The van der Waals surface area contributed by atoms with Gasteiger partial charge in [0.25, 0.3) is 0 Å². The molecule has 0 unspecified atom stereocenters. The normalized spacial score (nSPS) is 11.8. The molecule has 4 rings (SSSR count). The van der Waals surface area contributed by atoms with Crippen LogP contribution >= 0.6 is 0 Å². The summed E-state index contributed by atoms with van der Waals surface area (Å²) < 4.78 is 2.39. The van der Waals surface area contributed by atoms with Gasteiger partial charge in [0.15, 0.2) is 0 Å². The maximum absolute atomic E-state index is 4.97. The van der Waals surface area contributed by atoms with E-state index < -0.39 is 0 Å². The predicted octanol–water partition coefficient (Wildman–Crippen LogP) is 6.85. The summed E-state index contributed by atoms with van der Waals surface area (Å²) in [6.07, 6.45) is 9.10. The van der Waals surface area contributed by atoms with Crippen molar-refractivity contribution in [2.24, 2.45) is 0 Å². The molecule has 0 amide bonds. The van der Waals surface area contributed by atoms with E-state index in [0.717, 1.165) is 17.6 Å². The molecule has 2 aromatic carbocycles. The van der Waals surface area contributed by atoms with Crippen LogP contribution < -0.4 is 0 Å². The summed E-state index contributed by atoms with van der Waals surface area (Å²) in [4.78, 5) is 4.97. The van der Waals surface area contributed by atoms with E-state index in [0.29, 0.717) is 0 Å². The Bertz CT molecular complexity index is 1040. The highest BCUT2D eigenvalue weighted by Crippen LogP contribution is 2.28. The fraction of sp³-hybridized carbons (Fsp3) is 0.375. The van der Waals surface area contributed by atoms with E-state index in [1.807, 2.05) is 0 Å². The first-order valence-electron chi connectivity index (χ1n) is 10.1. The molecule has 0 spiro atoms. The van der Waals surface area contributed by atoms with Crippen molar-refractivity contribution in [2.45, 2.75) is 58.8 Å². The lowest BCUT2D eigenvalue weighted by atomic mass is 10.0. The van der Waals surface area contributed by atoms with Gasteiger partial charge in [0.05, 0.1) is 11.0 Å². The van der Waals surface area contributed by atoms with Crippen LogP contribution in [0.15, 0.2) is 48.5 Å². The first kappa shape index (κ1) is 17.1. The molecule has 2 nitrogen and oxygen atoms in total. The lowest BCUT2D eigenvalue weighted by Crippen LogP contribution is -1.99. The van der Waals surface area contributed by atoms with E-state index in [1.54, 1.807) is 0 Å². The molecule has 0 aliphatic carbocycles. The summed E-state index contributed by atoms with van der Waals surface area (Å²) in [6, 6.07) is 17.6. The van der Waals surface area contributed by atoms with Gasteiger partial charge in [-0.05, 0) is 43.4 Å². The van der Waals surface area contributed by atoms with Gasteiger partial charge in [-0.25, -0.2) is 4.98 Å². The first-order chi connectivity index (χ1) is 12.8. The summed E-state index contributed by atoms with van der Waals surface area (Å²) in [5, 5.41) is 2.56. The van der Waals surface area contributed by atoms with Crippen LogP contribution in [0.2, 0.25) is 0 Å². The van der Waals surface area contributed by atoms with Crippen LogP contribution in [0.1, 0.15) is 56.7 Å². The molecule has 2 aromatic heterocycles. The molecule has 2 heterocycles. The zero-order valence-corrected chi connectivity index (χ0v) is 16.0. The molecule has 134 valence electrons. The highest BCUT2D eigenvalue weighted by molar-refractivity contribution is 5.99. The fourth-order valence-electron chi connectivity index (χ4n) is 4.02. The number of pyridine rings is 1. The van der Waals surface area contributed by atoms with Crippen molar-refractivity contribution in [1.82, 2.24) is 9.38 Å². The highest BCUT2D eigenvalue weighted by atomic mass is 15.0. The number of hydrogen-bond acceptors (Lipinski definition) is 1. The van der Waals surface area contributed by atoms with Crippen LogP contribution in [0.4, 0.5) is 0 Å². The number of imidazole rings is 1. The fourth-order valence-corrected chi connectivity index (χ4v) is 4.02. The molecule has 0 radical (unpaired) electrons. The lowest BCUT2D eigenvalue weighted by Gasteiger charge is -2.10. The molecule has 0 aliphatic heterocycles. The Balaban J connectivity index is 1.76. The van der Waals surface area contributed by atoms with Gasteiger partial charge < -0.3 is 0 Å². The van der Waals surface area contributed by atoms with Crippen molar-refractivity contribution in [2.75, 3.05) is 0 Å². The second-order valence-corrected chi connectivity index (χ2v) is 7.50. The number of fused-ring (bicyclic) bond motifs is 5. The average Bonchev–Trinajstić information content (AvgIpc) is 3.04. The Morgan fingerprint density at radius 3 is 2.58 bits per heavy atom. The van der Waals surface area contributed by atoms with Crippen molar-refractivity contribution in [3.05, 3.63) is 59.8 Å². The predicted molar refractivity (Wildman–Crippen MR) is 112 cm³/mol. The van der Waals surface area contributed by atoms with Crippen LogP contribution in [-0.2, 0) is 6.42 Å². The SMILES string of the molecule is CCCCCCCCc1cc2cc(C)ccc2c2nc3ccccc3n12. The number of aryl methyl sites for hydroxylation is 2. The van der Waals surface area contributed by atoms with Crippen LogP contribution in [0.25, 0.3) is 27.5 Å². The minimum absolute atomic E-state index is 1.09. The number of aromatic nitrogens is 2. The van der Waals surface area contributed by atoms with Crippen LogP contribution in [0.3, 0.4) is 0 Å². The zero-order chi connectivity index (χ0) is 17.9. The van der Waals surface area contributed by atoms with Crippen molar-refractivity contribution >= 4 is 27.5 Å². The smallest absolute Gasteiger partial charge is 0.146 e. The van der Waals surface area contributed by atoms with E-state index >= 15 is 0 Å². The van der Waals surface area contributed by atoms with Gasteiger partial charge in [-0.2, -0.15) is 0 Å².